The molecule has 74 valence electrons. The zero-order valence-electron chi connectivity index (χ0n) is 6.69. The van der Waals surface area contributed by atoms with E-state index < -0.39 is 9.15 Å². The maximum absolute atomic E-state index is 10.2. The van der Waals surface area contributed by atoms with Crippen LogP contribution in [0.25, 0.3) is 0 Å². The van der Waals surface area contributed by atoms with Crippen molar-refractivity contribution < 1.29 is 13.0 Å². The lowest BCUT2D eigenvalue weighted by Crippen LogP contribution is -2.21. The van der Waals surface area contributed by atoms with Crippen LogP contribution in [-0.2, 0) is 9.15 Å². The number of nitrogens with two attached hydrogens (primary N) is 1. The van der Waals surface area contributed by atoms with Crippen LogP contribution in [-0.4, -0.2) is 38.4 Å². The lowest BCUT2D eigenvalue weighted by Gasteiger charge is -2.00. The molecule has 0 aliphatic heterocycles. The van der Waals surface area contributed by atoms with Crippen molar-refractivity contribution >= 4 is 19.9 Å². The lowest BCUT2D eigenvalue weighted by atomic mass is 10.4. The van der Waals surface area contributed by atoms with Gasteiger partial charge in [-0.25, -0.2) is 0 Å². The summed E-state index contributed by atoms with van der Waals surface area (Å²) in [5.74, 6) is 0.351. The summed E-state index contributed by atoms with van der Waals surface area (Å²) < 4.78 is 28.7. The van der Waals surface area contributed by atoms with Gasteiger partial charge in [-0.1, -0.05) is 0 Å². The highest BCUT2D eigenvalue weighted by molar-refractivity contribution is 8.69. The SMILES string of the molecule is NCCCNCCSS(=O)(=O)O. The van der Waals surface area contributed by atoms with Crippen molar-refractivity contribution in [2.24, 2.45) is 5.73 Å². The van der Waals surface area contributed by atoms with Gasteiger partial charge in [0.2, 0.25) is 0 Å². The summed E-state index contributed by atoms with van der Waals surface area (Å²) >= 11 is 0. The van der Waals surface area contributed by atoms with Gasteiger partial charge in [0.25, 0.3) is 0 Å². The molecule has 0 aromatic carbocycles. The predicted molar refractivity (Wildman–Crippen MR) is 50.5 cm³/mol. The number of nitrogens with one attached hydrogen (secondary N) is 1. The van der Waals surface area contributed by atoms with Gasteiger partial charge in [0.05, 0.1) is 0 Å². The van der Waals surface area contributed by atoms with Gasteiger partial charge in [-0.05, 0) is 30.3 Å². The first-order valence-corrected chi connectivity index (χ1v) is 6.53. The molecular formula is C5H14N2O3S2. The van der Waals surface area contributed by atoms with E-state index in [-0.39, 0.29) is 0 Å². The van der Waals surface area contributed by atoms with E-state index in [0.717, 1.165) is 13.0 Å². The van der Waals surface area contributed by atoms with Crippen molar-refractivity contribution in [3.05, 3.63) is 0 Å². The summed E-state index contributed by atoms with van der Waals surface area (Å²) in [4.78, 5) is 0. The smallest absolute Gasteiger partial charge is 0.319 e. The first kappa shape index (κ1) is 12.2. The Bertz CT molecular complexity index is 193. The molecule has 0 saturated carbocycles. The van der Waals surface area contributed by atoms with E-state index in [4.69, 9.17) is 10.3 Å². The molecule has 0 bridgehead atoms. The number of rotatable bonds is 7. The largest absolute Gasteiger partial charge is 0.330 e. The third-order valence-electron chi connectivity index (χ3n) is 1.07. The van der Waals surface area contributed by atoms with Gasteiger partial charge < -0.3 is 11.1 Å². The fourth-order valence-corrected chi connectivity index (χ4v) is 1.89. The van der Waals surface area contributed by atoms with Crippen molar-refractivity contribution in [1.29, 1.82) is 0 Å². The molecule has 0 rings (SSSR count). The summed E-state index contributed by atoms with van der Waals surface area (Å²) in [7, 11) is -3.34. The molecule has 0 aliphatic carbocycles. The van der Waals surface area contributed by atoms with E-state index in [2.05, 4.69) is 5.32 Å². The van der Waals surface area contributed by atoms with Crippen LogP contribution < -0.4 is 11.1 Å². The molecule has 0 fully saturated rings. The average Bonchev–Trinajstić information content (AvgIpc) is 1.94. The third kappa shape index (κ3) is 10.2. The van der Waals surface area contributed by atoms with E-state index in [1.807, 2.05) is 0 Å². The molecule has 0 saturated heterocycles. The molecule has 0 aromatic rings. The zero-order valence-corrected chi connectivity index (χ0v) is 8.33. The van der Waals surface area contributed by atoms with Crippen molar-refractivity contribution in [2.75, 3.05) is 25.4 Å². The first-order valence-electron chi connectivity index (χ1n) is 3.59. The highest BCUT2D eigenvalue weighted by Gasteiger charge is 2.02. The summed E-state index contributed by atoms with van der Waals surface area (Å²) in [5, 5.41) is 2.98. The van der Waals surface area contributed by atoms with Gasteiger partial charge in [0.15, 0.2) is 0 Å². The van der Waals surface area contributed by atoms with Gasteiger partial charge in [0.1, 0.15) is 0 Å². The van der Waals surface area contributed by atoms with Gasteiger partial charge in [0, 0.05) is 12.3 Å². The molecule has 0 aliphatic rings. The van der Waals surface area contributed by atoms with Crippen molar-refractivity contribution in [3.63, 3.8) is 0 Å². The Morgan fingerprint density at radius 1 is 1.42 bits per heavy atom. The topological polar surface area (TPSA) is 92.4 Å². The van der Waals surface area contributed by atoms with Gasteiger partial charge in [-0.2, -0.15) is 8.42 Å². The van der Waals surface area contributed by atoms with Gasteiger partial charge >= 0.3 is 9.15 Å². The molecule has 0 amide bonds. The Kier molecular flexibility index (Phi) is 6.77. The fourth-order valence-electron chi connectivity index (χ4n) is 0.571. The maximum Gasteiger partial charge on any atom is 0.319 e. The van der Waals surface area contributed by atoms with Gasteiger partial charge in [-0.3, -0.25) is 4.55 Å². The number of hydrogen-bond acceptors (Lipinski definition) is 5. The normalized spacial score (nSPS) is 11.8. The molecule has 12 heavy (non-hydrogen) atoms. The summed E-state index contributed by atoms with van der Waals surface area (Å²) in [6.45, 7) is 1.96. The minimum absolute atomic E-state index is 0.351. The van der Waals surface area contributed by atoms with E-state index >= 15 is 0 Å². The van der Waals surface area contributed by atoms with E-state index in [9.17, 15) is 8.42 Å². The Morgan fingerprint density at radius 3 is 2.58 bits per heavy atom. The Hall–Kier alpha value is 0.180. The molecule has 0 unspecified atom stereocenters. The molecule has 0 radical (unpaired) electrons. The van der Waals surface area contributed by atoms with Crippen LogP contribution in [0.15, 0.2) is 0 Å². The van der Waals surface area contributed by atoms with Crippen LogP contribution in [0, 0.1) is 0 Å². The molecular weight excluding hydrogens is 200 g/mol. The monoisotopic (exact) mass is 214 g/mol. The van der Waals surface area contributed by atoms with Crippen LogP contribution >= 0.6 is 10.8 Å². The molecule has 4 N–H and O–H groups in total. The molecule has 0 atom stereocenters. The molecule has 0 aromatic heterocycles. The summed E-state index contributed by atoms with van der Waals surface area (Å²) in [6, 6.07) is 0. The quantitative estimate of drug-likeness (QED) is 0.299. The number of hydrogen-bond donors (Lipinski definition) is 3. The standard InChI is InChI=1S/C5H14N2O3S2/c6-2-1-3-7-4-5-11-12(8,9)10/h7H,1-6H2,(H,8,9,10). The third-order valence-corrected chi connectivity index (χ3v) is 3.13. The molecule has 0 spiro atoms. The molecule has 0 heterocycles. The zero-order chi connectivity index (χ0) is 9.45. The van der Waals surface area contributed by atoms with Crippen LogP contribution in [0.4, 0.5) is 0 Å². The second-order valence-corrected chi connectivity index (χ2v) is 5.61. The van der Waals surface area contributed by atoms with Crippen molar-refractivity contribution in [3.8, 4) is 0 Å². The summed E-state index contributed by atoms with van der Waals surface area (Å²) in [5.41, 5.74) is 5.23. The predicted octanol–water partition coefficient (Wildman–Crippen LogP) is -0.539. The minimum atomic E-state index is -3.86. The first-order chi connectivity index (χ1) is 5.56. The van der Waals surface area contributed by atoms with Crippen molar-refractivity contribution in [1.82, 2.24) is 5.32 Å². The Morgan fingerprint density at radius 2 is 2.08 bits per heavy atom. The van der Waals surface area contributed by atoms with E-state index in [1.54, 1.807) is 0 Å². The van der Waals surface area contributed by atoms with Gasteiger partial charge in [-0.15, -0.1) is 0 Å². The minimum Gasteiger partial charge on any atom is -0.330 e. The van der Waals surface area contributed by atoms with Crippen LogP contribution in [0.3, 0.4) is 0 Å². The van der Waals surface area contributed by atoms with Crippen molar-refractivity contribution in [2.45, 2.75) is 6.42 Å². The fraction of sp³-hybridized carbons (Fsp3) is 1.00. The second-order valence-electron chi connectivity index (χ2n) is 2.14. The molecule has 5 nitrogen and oxygen atoms in total. The van der Waals surface area contributed by atoms with Crippen LogP contribution in [0.5, 0.6) is 0 Å². The Labute approximate surface area is 76.2 Å². The van der Waals surface area contributed by atoms with E-state index in [0.29, 0.717) is 29.6 Å². The second kappa shape index (κ2) is 6.67. The average molecular weight is 214 g/mol. The highest BCUT2D eigenvalue weighted by atomic mass is 33.1. The lowest BCUT2D eigenvalue weighted by molar-refractivity contribution is 0.503. The Balaban J connectivity index is 3.12. The highest BCUT2D eigenvalue weighted by Crippen LogP contribution is 2.06. The van der Waals surface area contributed by atoms with E-state index in [1.165, 1.54) is 0 Å². The van der Waals surface area contributed by atoms with Crippen LogP contribution in [0.2, 0.25) is 0 Å². The molecule has 7 heteroatoms. The summed E-state index contributed by atoms with van der Waals surface area (Å²) in [6.07, 6.45) is 0.872. The maximum atomic E-state index is 10.2. The van der Waals surface area contributed by atoms with Crippen LogP contribution in [0.1, 0.15) is 6.42 Å².